The van der Waals surface area contributed by atoms with E-state index in [1.165, 1.54) is 6.42 Å². The summed E-state index contributed by atoms with van der Waals surface area (Å²) in [6, 6.07) is 0. The van der Waals surface area contributed by atoms with Crippen molar-refractivity contribution in [3.63, 3.8) is 0 Å². The molecule has 1 heteroatoms. The standard InChI is InChI=1S/C7H14Se.C2H6/c1-5-4-6(2)8-7(5)3;1-2/h5-7H,4H2,1-3H3;1-2H3. The molecule has 0 amide bonds. The molecule has 0 N–H and O–H groups in total. The van der Waals surface area contributed by atoms with E-state index in [9.17, 15) is 0 Å². The van der Waals surface area contributed by atoms with Crippen LogP contribution in [0.4, 0.5) is 0 Å². The molecule has 0 aromatic rings. The van der Waals surface area contributed by atoms with E-state index in [-0.39, 0.29) is 0 Å². The Bertz CT molecular complexity index is 70.8. The molecule has 0 saturated carbocycles. The fourth-order valence-electron chi connectivity index (χ4n) is 1.27. The first-order chi connectivity index (χ1) is 4.70. The Balaban J connectivity index is 0.000000371. The van der Waals surface area contributed by atoms with Crippen molar-refractivity contribution < 1.29 is 0 Å². The van der Waals surface area contributed by atoms with Crippen LogP contribution in [0.15, 0.2) is 0 Å². The summed E-state index contributed by atoms with van der Waals surface area (Å²) in [7, 11) is 0. The first-order valence-corrected chi connectivity index (χ1v) is 6.33. The van der Waals surface area contributed by atoms with E-state index in [4.69, 9.17) is 0 Å². The second-order valence-corrected chi connectivity index (χ2v) is 6.68. The van der Waals surface area contributed by atoms with Gasteiger partial charge in [-0.2, -0.15) is 0 Å². The summed E-state index contributed by atoms with van der Waals surface area (Å²) in [4.78, 5) is 2.12. The molecule has 1 saturated heterocycles. The molecule has 0 bridgehead atoms. The molecule has 1 aliphatic rings. The van der Waals surface area contributed by atoms with E-state index in [1.807, 2.05) is 13.8 Å². The summed E-state index contributed by atoms with van der Waals surface area (Å²) in [6.07, 6.45) is 1.49. The minimum atomic E-state index is 0.958. The molecular formula is C9H20Se. The van der Waals surface area contributed by atoms with Crippen molar-refractivity contribution in [3.8, 4) is 0 Å². The molecule has 0 aromatic carbocycles. The average Bonchev–Trinajstić information content (AvgIpc) is 2.16. The monoisotopic (exact) mass is 208 g/mol. The van der Waals surface area contributed by atoms with Crippen LogP contribution in [0.25, 0.3) is 0 Å². The molecule has 1 rings (SSSR count). The van der Waals surface area contributed by atoms with E-state index in [0.717, 1.165) is 30.5 Å². The Morgan fingerprint density at radius 2 is 1.60 bits per heavy atom. The topological polar surface area (TPSA) is 0 Å². The van der Waals surface area contributed by atoms with Crippen molar-refractivity contribution >= 4 is 15.0 Å². The van der Waals surface area contributed by atoms with Gasteiger partial charge in [0.2, 0.25) is 0 Å². The van der Waals surface area contributed by atoms with Crippen LogP contribution in [-0.2, 0) is 0 Å². The van der Waals surface area contributed by atoms with Crippen molar-refractivity contribution in [1.29, 1.82) is 0 Å². The molecule has 0 aliphatic carbocycles. The average molecular weight is 207 g/mol. The minimum absolute atomic E-state index is 0.958. The van der Waals surface area contributed by atoms with E-state index >= 15 is 0 Å². The van der Waals surface area contributed by atoms with Gasteiger partial charge in [-0.1, -0.05) is 13.8 Å². The molecule has 1 heterocycles. The molecule has 3 atom stereocenters. The number of rotatable bonds is 0. The number of hydrogen-bond acceptors (Lipinski definition) is 0. The zero-order valence-corrected chi connectivity index (χ0v) is 9.56. The quantitative estimate of drug-likeness (QED) is 0.534. The fourth-order valence-corrected chi connectivity index (χ4v) is 4.47. The van der Waals surface area contributed by atoms with Gasteiger partial charge >= 0.3 is 57.7 Å². The van der Waals surface area contributed by atoms with Gasteiger partial charge in [0.1, 0.15) is 0 Å². The zero-order chi connectivity index (χ0) is 8.15. The third-order valence-corrected chi connectivity index (χ3v) is 5.21. The predicted molar refractivity (Wildman–Crippen MR) is 49.7 cm³/mol. The van der Waals surface area contributed by atoms with Crippen molar-refractivity contribution in [2.75, 3.05) is 0 Å². The van der Waals surface area contributed by atoms with Gasteiger partial charge in [-0.05, 0) is 0 Å². The predicted octanol–water partition coefficient (Wildman–Crippen LogP) is 3.37. The van der Waals surface area contributed by atoms with Crippen LogP contribution in [0.5, 0.6) is 0 Å². The second kappa shape index (κ2) is 5.21. The van der Waals surface area contributed by atoms with Crippen molar-refractivity contribution in [1.82, 2.24) is 0 Å². The van der Waals surface area contributed by atoms with Gasteiger partial charge in [-0.3, -0.25) is 0 Å². The third-order valence-electron chi connectivity index (χ3n) is 1.95. The fraction of sp³-hybridized carbons (Fsp3) is 1.00. The van der Waals surface area contributed by atoms with Crippen LogP contribution in [0.2, 0.25) is 9.63 Å². The van der Waals surface area contributed by atoms with E-state index in [1.54, 1.807) is 0 Å². The van der Waals surface area contributed by atoms with Crippen LogP contribution in [-0.4, -0.2) is 15.0 Å². The van der Waals surface area contributed by atoms with Gasteiger partial charge in [-0.25, -0.2) is 0 Å². The first-order valence-electron chi connectivity index (χ1n) is 4.35. The SMILES string of the molecule is CC.CC1CC(C)C(C)[Se]1. The molecule has 10 heavy (non-hydrogen) atoms. The summed E-state index contributed by atoms with van der Waals surface area (Å²) in [6.45, 7) is 11.2. The molecule has 0 nitrogen and oxygen atoms in total. The second-order valence-electron chi connectivity index (χ2n) is 2.86. The van der Waals surface area contributed by atoms with Gasteiger partial charge < -0.3 is 0 Å². The van der Waals surface area contributed by atoms with Crippen LogP contribution < -0.4 is 0 Å². The van der Waals surface area contributed by atoms with E-state index in [2.05, 4.69) is 20.8 Å². The van der Waals surface area contributed by atoms with Gasteiger partial charge in [0.25, 0.3) is 0 Å². The first kappa shape index (κ1) is 10.5. The Morgan fingerprint density at radius 3 is 1.70 bits per heavy atom. The summed E-state index contributed by atoms with van der Waals surface area (Å²) >= 11 is 0.958. The molecule has 0 radical (unpaired) electrons. The van der Waals surface area contributed by atoms with Crippen LogP contribution in [0.3, 0.4) is 0 Å². The van der Waals surface area contributed by atoms with Crippen molar-refractivity contribution in [2.45, 2.75) is 50.7 Å². The Kier molecular flexibility index (Phi) is 5.48. The molecular weight excluding hydrogens is 187 g/mol. The van der Waals surface area contributed by atoms with Gasteiger partial charge in [-0.15, -0.1) is 0 Å². The van der Waals surface area contributed by atoms with Crippen molar-refractivity contribution in [3.05, 3.63) is 0 Å². The zero-order valence-electron chi connectivity index (χ0n) is 7.85. The molecule has 62 valence electrons. The van der Waals surface area contributed by atoms with Crippen LogP contribution in [0, 0.1) is 5.92 Å². The normalized spacial score (nSPS) is 38.7. The van der Waals surface area contributed by atoms with Gasteiger partial charge in [0.05, 0.1) is 0 Å². The van der Waals surface area contributed by atoms with Crippen LogP contribution >= 0.6 is 0 Å². The van der Waals surface area contributed by atoms with Gasteiger partial charge in [0.15, 0.2) is 0 Å². The molecule has 3 unspecified atom stereocenters. The van der Waals surface area contributed by atoms with Crippen molar-refractivity contribution in [2.24, 2.45) is 5.92 Å². The summed E-state index contributed by atoms with van der Waals surface area (Å²) in [5.41, 5.74) is 0. The van der Waals surface area contributed by atoms with Crippen LogP contribution in [0.1, 0.15) is 41.0 Å². The molecule has 1 aliphatic heterocycles. The Hall–Kier alpha value is 0.519. The van der Waals surface area contributed by atoms with Gasteiger partial charge in [0, 0.05) is 0 Å². The molecule has 0 spiro atoms. The van der Waals surface area contributed by atoms with E-state index < -0.39 is 0 Å². The molecule has 0 aromatic heterocycles. The summed E-state index contributed by atoms with van der Waals surface area (Å²) in [5.74, 6) is 1.02. The Morgan fingerprint density at radius 1 is 1.10 bits per heavy atom. The summed E-state index contributed by atoms with van der Waals surface area (Å²) < 4.78 is 0. The molecule has 1 fully saturated rings. The Labute approximate surface area is 71.9 Å². The number of hydrogen-bond donors (Lipinski definition) is 0. The third kappa shape index (κ3) is 3.07. The van der Waals surface area contributed by atoms with E-state index in [0.29, 0.717) is 0 Å². The maximum absolute atomic E-state index is 2.40. The maximum atomic E-state index is 2.40. The summed E-state index contributed by atoms with van der Waals surface area (Å²) in [5, 5.41) is 0.